The van der Waals surface area contributed by atoms with E-state index in [4.69, 9.17) is 15.1 Å². The number of morpholine rings is 1. The highest BCUT2D eigenvalue weighted by molar-refractivity contribution is 6.08. The third-order valence-electron chi connectivity index (χ3n) is 7.01. The van der Waals surface area contributed by atoms with Crippen LogP contribution >= 0.6 is 0 Å². The highest BCUT2D eigenvalue weighted by Gasteiger charge is 2.21. The normalized spacial score (nSPS) is 13.4. The summed E-state index contributed by atoms with van der Waals surface area (Å²) < 4.78 is 35.4. The van der Waals surface area contributed by atoms with Crippen LogP contribution in [0.1, 0.15) is 15.9 Å². The summed E-state index contributed by atoms with van der Waals surface area (Å²) in [6.07, 6.45) is 4.71. The molecule has 5 N–H and O–H groups in total. The lowest BCUT2D eigenvalue weighted by Crippen LogP contribution is -2.72. The third-order valence-corrected chi connectivity index (χ3v) is 7.01. The Kier molecular flexibility index (Phi) is 9.35. The van der Waals surface area contributed by atoms with Gasteiger partial charge in [-0.05, 0) is 42.5 Å². The summed E-state index contributed by atoms with van der Waals surface area (Å²) in [5.41, 5.74) is 2.59. The van der Waals surface area contributed by atoms with Crippen LogP contribution in [0.5, 0.6) is 0 Å². The van der Waals surface area contributed by atoms with E-state index in [1.165, 1.54) is 35.4 Å². The molecule has 45 heavy (non-hydrogen) atoms. The van der Waals surface area contributed by atoms with Crippen LogP contribution in [-0.2, 0) is 4.74 Å². The Morgan fingerprint density at radius 1 is 1.00 bits per heavy atom. The number of quaternary nitrogens is 1. The first-order chi connectivity index (χ1) is 21.7. The molecule has 4 aromatic rings. The molecular weight excluding hydrogens is 584 g/mol. The molecule has 12 nitrogen and oxygen atoms in total. The number of carbonyl (C=O) groups is 2. The minimum absolute atomic E-state index is 0.121. The number of ether oxygens (including phenoxy) is 1. The zero-order valence-corrected chi connectivity index (χ0v) is 24.9. The van der Waals surface area contributed by atoms with Crippen LogP contribution in [0, 0.1) is 17.0 Å². The topological polar surface area (TPSA) is 153 Å². The predicted molar refractivity (Wildman–Crippen MR) is 167 cm³/mol. The molecule has 14 heteroatoms. The second-order valence-corrected chi connectivity index (χ2v) is 10.3. The van der Waals surface area contributed by atoms with Gasteiger partial charge >= 0.3 is 6.03 Å². The Hall–Kier alpha value is -5.34. The number of carbonyl (C=O) groups excluding carboxylic acids is 2. The fourth-order valence-electron chi connectivity index (χ4n) is 4.73. The van der Waals surface area contributed by atoms with E-state index in [0.29, 0.717) is 59.9 Å². The van der Waals surface area contributed by atoms with Crippen LogP contribution in [0.15, 0.2) is 54.9 Å². The fourth-order valence-corrected chi connectivity index (χ4v) is 4.73. The second kappa shape index (κ2) is 13.5. The van der Waals surface area contributed by atoms with Gasteiger partial charge in [0.05, 0.1) is 42.7 Å². The summed E-state index contributed by atoms with van der Waals surface area (Å²) >= 11 is 0. The zero-order chi connectivity index (χ0) is 32.1. The van der Waals surface area contributed by atoms with Gasteiger partial charge in [0.2, 0.25) is 0 Å². The maximum atomic E-state index is 15.3. The molecule has 3 heterocycles. The van der Waals surface area contributed by atoms with Crippen LogP contribution in [0.3, 0.4) is 0 Å². The second-order valence-electron chi connectivity index (χ2n) is 10.3. The first-order valence-electron chi connectivity index (χ1n) is 14.1. The fraction of sp³-hybridized carbons (Fsp3) is 0.226. The van der Waals surface area contributed by atoms with Crippen LogP contribution in [-0.4, -0.2) is 85.5 Å². The lowest BCUT2D eigenvalue weighted by atomic mass is 10.1. The van der Waals surface area contributed by atoms with Crippen molar-refractivity contribution >= 4 is 52.0 Å². The molecule has 2 aromatic carbocycles. The van der Waals surface area contributed by atoms with Crippen molar-refractivity contribution in [3.63, 3.8) is 0 Å². The SMILES string of the molecule is C[NH2+]/C=C(\C=N)c1cnc2c(N3CCOCC3)nc(-c3ccc(NC(=O)Nc4ccc(C(=O)N(C)C)cc4F)c(F)c3)nc2c1. The summed E-state index contributed by atoms with van der Waals surface area (Å²) in [5.74, 6) is -1.14. The van der Waals surface area contributed by atoms with Crippen molar-refractivity contribution in [3.8, 4) is 11.4 Å². The summed E-state index contributed by atoms with van der Waals surface area (Å²) in [6.45, 7) is 2.22. The van der Waals surface area contributed by atoms with Gasteiger partial charge in [-0.2, -0.15) is 0 Å². The number of allylic oxidation sites excluding steroid dienone is 1. The van der Waals surface area contributed by atoms with E-state index in [1.54, 1.807) is 32.6 Å². The minimum Gasteiger partial charge on any atom is -0.378 e. The number of hydrogen-bond acceptors (Lipinski definition) is 8. The molecule has 5 rings (SSSR count). The third kappa shape index (κ3) is 6.92. The standard InChI is InChI=1S/C31H31F2N9O3/c1-35-16-21(15-34)20-14-26-27(36-17-20)29(42-8-10-45-11-9-42)40-28(37-26)18-4-6-24(22(32)12-18)38-31(44)39-25-7-5-19(13-23(25)33)30(43)41(2)3/h4-7,12-17,34-35H,8-11H2,1-3H3,(H2,38,39,44)/p+1/b21-16+,34-15?. The lowest BCUT2D eigenvalue weighted by molar-refractivity contribution is -0.555. The first kappa shape index (κ1) is 31.1. The predicted octanol–water partition coefficient (Wildman–Crippen LogP) is 3.34. The van der Waals surface area contributed by atoms with Gasteiger partial charge < -0.3 is 35.9 Å². The maximum absolute atomic E-state index is 15.3. The molecule has 0 unspecified atom stereocenters. The molecule has 0 aliphatic carbocycles. The molecule has 0 atom stereocenters. The molecule has 232 valence electrons. The average Bonchev–Trinajstić information content (AvgIpc) is 3.04. The number of nitrogens with zero attached hydrogens (tertiary/aromatic N) is 5. The van der Waals surface area contributed by atoms with Crippen molar-refractivity contribution in [1.82, 2.24) is 19.9 Å². The monoisotopic (exact) mass is 616 g/mol. The molecule has 0 radical (unpaired) electrons. The van der Waals surface area contributed by atoms with E-state index in [9.17, 15) is 14.0 Å². The molecule has 1 aliphatic rings. The van der Waals surface area contributed by atoms with Crippen LogP contribution in [0.2, 0.25) is 0 Å². The number of halogens is 2. The van der Waals surface area contributed by atoms with Crippen molar-refractivity contribution in [2.24, 2.45) is 0 Å². The summed E-state index contributed by atoms with van der Waals surface area (Å²) in [4.78, 5) is 42.1. The highest BCUT2D eigenvalue weighted by atomic mass is 19.1. The van der Waals surface area contributed by atoms with Gasteiger partial charge in [0, 0.05) is 56.3 Å². The van der Waals surface area contributed by atoms with Gasteiger partial charge in [0.1, 0.15) is 23.4 Å². The summed E-state index contributed by atoms with van der Waals surface area (Å²) in [6, 6.07) is 8.74. The number of rotatable bonds is 8. The highest BCUT2D eigenvalue weighted by Crippen LogP contribution is 2.30. The molecule has 1 fully saturated rings. The number of nitrogens with one attached hydrogen (secondary N) is 3. The number of anilines is 3. The van der Waals surface area contributed by atoms with Gasteiger partial charge in [-0.15, -0.1) is 0 Å². The molecule has 2 aromatic heterocycles. The summed E-state index contributed by atoms with van der Waals surface area (Å²) in [5, 5.41) is 14.3. The molecule has 0 spiro atoms. The molecular formula is C31H32F2N9O3+. The zero-order valence-electron chi connectivity index (χ0n) is 24.9. The van der Waals surface area contributed by atoms with Gasteiger partial charge in [-0.1, -0.05) is 0 Å². The van der Waals surface area contributed by atoms with Crippen LogP contribution < -0.4 is 20.9 Å². The Bertz CT molecular complexity index is 1810. The number of pyridine rings is 1. The number of fused-ring (bicyclic) bond motifs is 1. The van der Waals surface area contributed by atoms with E-state index < -0.39 is 17.7 Å². The quantitative estimate of drug-likeness (QED) is 0.222. The van der Waals surface area contributed by atoms with Crippen molar-refractivity contribution in [3.05, 3.63) is 77.6 Å². The van der Waals surface area contributed by atoms with Crippen LogP contribution in [0.25, 0.3) is 28.0 Å². The van der Waals surface area contributed by atoms with E-state index >= 15 is 4.39 Å². The average molecular weight is 617 g/mol. The Morgan fingerprint density at radius 3 is 2.31 bits per heavy atom. The van der Waals surface area contributed by atoms with Crippen molar-refractivity contribution in [2.75, 3.05) is 63.0 Å². The van der Waals surface area contributed by atoms with E-state index in [-0.39, 0.29) is 28.7 Å². The lowest BCUT2D eigenvalue weighted by Gasteiger charge is -2.28. The molecule has 1 saturated heterocycles. The number of amides is 3. The van der Waals surface area contributed by atoms with Gasteiger partial charge in [0.25, 0.3) is 5.91 Å². The Labute approximate surface area is 257 Å². The molecule has 0 saturated carbocycles. The maximum Gasteiger partial charge on any atom is 0.323 e. The van der Waals surface area contributed by atoms with Crippen molar-refractivity contribution < 1.29 is 28.4 Å². The first-order valence-corrected chi connectivity index (χ1v) is 14.1. The van der Waals surface area contributed by atoms with Crippen molar-refractivity contribution in [2.45, 2.75) is 0 Å². The molecule has 1 aliphatic heterocycles. The number of benzene rings is 2. The number of hydrogen-bond donors (Lipinski definition) is 4. The van der Waals surface area contributed by atoms with Gasteiger partial charge in [-0.25, -0.2) is 23.5 Å². The Morgan fingerprint density at radius 2 is 1.69 bits per heavy atom. The largest absolute Gasteiger partial charge is 0.378 e. The molecule has 0 bridgehead atoms. The van der Waals surface area contributed by atoms with Crippen LogP contribution in [0.4, 0.5) is 30.8 Å². The smallest absolute Gasteiger partial charge is 0.323 e. The summed E-state index contributed by atoms with van der Waals surface area (Å²) in [7, 11) is 4.94. The number of urea groups is 1. The number of aromatic nitrogens is 3. The molecule has 3 amide bonds. The van der Waals surface area contributed by atoms with E-state index in [0.717, 1.165) is 6.07 Å². The minimum atomic E-state index is -0.873. The Balaban J connectivity index is 1.42. The number of nitrogens with two attached hydrogens (primary N) is 1. The van der Waals surface area contributed by atoms with Crippen molar-refractivity contribution in [1.29, 1.82) is 5.41 Å². The van der Waals surface area contributed by atoms with E-state index in [2.05, 4.69) is 20.6 Å². The van der Waals surface area contributed by atoms with Gasteiger partial charge in [0.15, 0.2) is 11.6 Å². The van der Waals surface area contributed by atoms with E-state index in [1.807, 2.05) is 23.3 Å². The van der Waals surface area contributed by atoms with Gasteiger partial charge in [-0.3, -0.25) is 9.78 Å².